The first-order valence-electron chi connectivity index (χ1n) is 8.92. The smallest absolute Gasteiger partial charge is 0.251 e. The predicted molar refractivity (Wildman–Crippen MR) is 126 cm³/mol. The van der Waals surface area contributed by atoms with Gasteiger partial charge in [-0.25, -0.2) is 4.98 Å². The number of pyridine rings is 1. The van der Waals surface area contributed by atoms with Crippen LogP contribution in [0.1, 0.15) is 21.5 Å². The number of benzene rings is 1. The first-order valence-corrected chi connectivity index (χ1v) is 8.92. The molecule has 28 heavy (non-hydrogen) atoms. The Morgan fingerprint density at radius 3 is 2.64 bits per heavy atom. The fourth-order valence-corrected chi connectivity index (χ4v) is 2.71. The van der Waals surface area contributed by atoms with Crippen molar-refractivity contribution in [1.82, 2.24) is 20.9 Å². The number of rotatable bonds is 7. The Bertz CT molecular complexity index is 794. The molecule has 0 saturated carbocycles. The standard InChI is InChI=1S/C20H28N6O.HI/c1-21-19(27)16-8-5-7-15(13-16)10-12-24-20(22-2)25-14-17-9-6-11-23-18(17)26(3)4;/h5-9,11,13H,10,12,14H2,1-4H3,(H,21,27)(H2,22,24,25);1H. The Morgan fingerprint density at radius 1 is 1.18 bits per heavy atom. The maximum atomic E-state index is 11.7. The van der Waals surface area contributed by atoms with Crippen LogP contribution in [0.2, 0.25) is 0 Å². The molecule has 152 valence electrons. The van der Waals surface area contributed by atoms with E-state index in [0.717, 1.165) is 29.3 Å². The van der Waals surface area contributed by atoms with E-state index in [1.165, 1.54) is 0 Å². The van der Waals surface area contributed by atoms with Crippen molar-refractivity contribution in [3.8, 4) is 0 Å². The van der Waals surface area contributed by atoms with E-state index in [1.807, 2.05) is 55.4 Å². The number of hydrogen-bond donors (Lipinski definition) is 3. The number of aromatic nitrogens is 1. The summed E-state index contributed by atoms with van der Waals surface area (Å²) in [6.45, 7) is 1.34. The lowest BCUT2D eigenvalue weighted by atomic mass is 10.1. The molecule has 1 amide bonds. The summed E-state index contributed by atoms with van der Waals surface area (Å²) in [5.74, 6) is 1.59. The highest BCUT2D eigenvalue weighted by Crippen LogP contribution is 2.13. The van der Waals surface area contributed by atoms with Crippen LogP contribution in [0.25, 0.3) is 0 Å². The third-order valence-corrected chi connectivity index (χ3v) is 4.08. The molecule has 8 heteroatoms. The lowest BCUT2D eigenvalue weighted by molar-refractivity contribution is 0.0963. The average Bonchev–Trinajstić information content (AvgIpc) is 2.70. The van der Waals surface area contributed by atoms with Crippen LogP contribution in [0.3, 0.4) is 0 Å². The molecule has 1 aromatic heterocycles. The minimum Gasteiger partial charge on any atom is -0.362 e. The number of amides is 1. The molecule has 0 fully saturated rings. The van der Waals surface area contributed by atoms with Crippen molar-refractivity contribution in [2.45, 2.75) is 13.0 Å². The maximum Gasteiger partial charge on any atom is 0.251 e. The second-order valence-corrected chi connectivity index (χ2v) is 6.26. The molecule has 2 aromatic rings. The Labute approximate surface area is 184 Å². The Hall–Kier alpha value is -2.36. The van der Waals surface area contributed by atoms with Gasteiger partial charge in [0.25, 0.3) is 5.91 Å². The summed E-state index contributed by atoms with van der Waals surface area (Å²) in [4.78, 5) is 22.4. The molecule has 3 N–H and O–H groups in total. The molecule has 0 saturated heterocycles. The third-order valence-electron chi connectivity index (χ3n) is 4.08. The normalized spacial score (nSPS) is 10.6. The molecule has 0 aliphatic carbocycles. The number of nitrogens with one attached hydrogen (secondary N) is 3. The Kier molecular flexibility index (Phi) is 10.3. The van der Waals surface area contributed by atoms with Crippen molar-refractivity contribution in [3.05, 3.63) is 59.3 Å². The summed E-state index contributed by atoms with van der Waals surface area (Å²) in [7, 11) is 7.34. The van der Waals surface area contributed by atoms with E-state index in [4.69, 9.17) is 0 Å². The molecule has 0 aliphatic heterocycles. The van der Waals surface area contributed by atoms with E-state index in [0.29, 0.717) is 18.7 Å². The predicted octanol–water partition coefficient (Wildman–Crippen LogP) is 2.03. The monoisotopic (exact) mass is 496 g/mol. The number of anilines is 1. The first-order chi connectivity index (χ1) is 13.0. The lowest BCUT2D eigenvalue weighted by Crippen LogP contribution is -2.38. The number of nitrogens with zero attached hydrogens (tertiary/aromatic N) is 3. The van der Waals surface area contributed by atoms with Gasteiger partial charge in [-0.15, -0.1) is 24.0 Å². The van der Waals surface area contributed by atoms with Gasteiger partial charge in [-0.05, 0) is 30.2 Å². The van der Waals surface area contributed by atoms with Crippen molar-refractivity contribution in [3.63, 3.8) is 0 Å². The minimum absolute atomic E-state index is 0. The zero-order valence-electron chi connectivity index (χ0n) is 16.8. The first kappa shape index (κ1) is 23.7. The summed E-state index contributed by atoms with van der Waals surface area (Å²) in [6, 6.07) is 11.6. The van der Waals surface area contributed by atoms with Gasteiger partial charge in [0.05, 0.1) is 0 Å². The van der Waals surface area contributed by atoms with Crippen molar-refractivity contribution in [1.29, 1.82) is 0 Å². The average molecular weight is 496 g/mol. The van der Waals surface area contributed by atoms with Crippen LogP contribution in [-0.4, -0.2) is 51.6 Å². The van der Waals surface area contributed by atoms with E-state index >= 15 is 0 Å². The van der Waals surface area contributed by atoms with Crippen molar-refractivity contribution in [2.24, 2.45) is 4.99 Å². The van der Waals surface area contributed by atoms with Crippen LogP contribution in [0.5, 0.6) is 0 Å². The maximum absolute atomic E-state index is 11.7. The number of carbonyl (C=O) groups excluding carboxylic acids is 1. The zero-order valence-corrected chi connectivity index (χ0v) is 19.2. The molecule has 1 heterocycles. The lowest BCUT2D eigenvalue weighted by Gasteiger charge is -2.17. The zero-order chi connectivity index (χ0) is 19.6. The van der Waals surface area contributed by atoms with Gasteiger partial charge in [-0.3, -0.25) is 9.79 Å². The highest BCUT2D eigenvalue weighted by molar-refractivity contribution is 14.0. The molecule has 7 nitrogen and oxygen atoms in total. The quantitative estimate of drug-likeness (QED) is 0.311. The number of aliphatic imine (C=N–C) groups is 1. The van der Waals surface area contributed by atoms with Gasteiger partial charge in [0.1, 0.15) is 5.82 Å². The van der Waals surface area contributed by atoms with E-state index < -0.39 is 0 Å². The Balaban J connectivity index is 0.00000392. The highest BCUT2D eigenvalue weighted by Gasteiger charge is 2.07. The van der Waals surface area contributed by atoms with Crippen LogP contribution in [0.4, 0.5) is 5.82 Å². The number of hydrogen-bond acceptors (Lipinski definition) is 4. The summed E-state index contributed by atoms with van der Waals surface area (Å²) in [6.07, 6.45) is 2.58. The number of halogens is 1. The number of guanidine groups is 1. The molecular formula is C20H29IN6O. The van der Waals surface area contributed by atoms with Gasteiger partial charge < -0.3 is 20.9 Å². The molecule has 0 aliphatic rings. The molecular weight excluding hydrogens is 467 g/mol. The number of carbonyl (C=O) groups is 1. The van der Waals surface area contributed by atoms with Crippen LogP contribution in [-0.2, 0) is 13.0 Å². The van der Waals surface area contributed by atoms with Gasteiger partial charge in [0, 0.05) is 58.6 Å². The second-order valence-electron chi connectivity index (χ2n) is 6.26. The summed E-state index contributed by atoms with van der Waals surface area (Å²) in [5, 5.41) is 9.26. The van der Waals surface area contributed by atoms with E-state index in [9.17, 15) is 4.79 Å². The molecule has 2 rings (SSSR count). The molecule has 1 aromatic carbocycles. The van der Waals surface area contributed by atoms with Crippen LogP contribution >= 0.6 is 24.0 Å². The van der Waals surface area contributed by atoms with E-state index in [-0.39, 0.29) is 29.9 Å². The fraction of sp³-hybridized carbons (Fsp3) is 0.350. The SMILES string of the molecule is CN=C(NCCc1cccc(C(=O)NC)c1)NCc1cccnc1N(C)C.I. The van der Waals surface area contributed by atoms with Crippen molar-refractivity contribution in [2.75, 3.05) is 39.6 Å². The van der Waals surface area contributed by atoms with Gasteiger partial charge in [0.2, 0.25) is 0 Å². The van der Waals surface area contributed by atoms with Gasteiger partial charge in [0.15, 0.2) is 5.96 Å². The molecule has 0 atom stereocenters. The second kappa shape index (κ2) is 12.2. The fourth-order valence-electron chi connectivity index (χ4n) is 2.71. The topological polar surface area (TPSA) is 81.6 Å². The van der Waals surface area contributed by atoms with Gasteiger partial charge in [-0.2, -0.15) is 0 Å². The van der Waals surface area contributed by atoms with Gasteiger partial charge >= 0.3 is 0 Å². The summed E-state index contributed by atoms with van der Waals surface area (Å²) >= 11 is 0. The minimum atomic E-state index is -0.0737. The highest BCUT2D eigenvalue weighted by atomic mass is 127. The van der Waals surface area contributed by atoms with Gasteiger partial charge in [-0.1, -0.05) is 18.2 Å². The largest absolute Gasteiger partial charge is 0.362 e. The van der Waals surface area contributed by atoms with E-state index in [1.54, 1.807) is 20.3 Å². The van der Waals surface area contributed by atoms with Crippen molar-refractivity contribution >= 4 is 41.7 Å². The third kappa shape index (κ3) is 6.99. The summed E-state index contributed by atoms with van der Waals surface area (Å²) in [5.41, 5.74) is 2.87. The Morgan fingerprint density at radius 2 is 1.96 bits per heavy atom. The van der Waals surface area contributed by atoms with Crippen molar-refractivity contribution < 1.29 is 4.79 Å². The van der Waals surface area contributed by atoms with Crippen LogP contribution < -0.4 is 20.9 Å². The summed E-state index contributed by atoms with van der Waals surface area (Å²) < 4.78 is 0. The molecule has 0 spiro atoms. The van der Waals surface area contributed by atoms with Crippen LogP contribution in [0, 0.1) is 0 Å². The van der Waals surface area contributed by atoms with Crippen LogP contribution in [0.15, 0.2) is 47.6 Å². The molecule has 0 radical (unpaired) electrons. The van der Waals surface area contributed by atoms with E-state index in [2.05, 4.69) is 25.9 Å². The molecule has 0 unspecified atom stereocenters. The molecule has 0 bridgehead atoms.